The van der Waals surface area contributed by atoms with Crippen LogP contribution < -0.4 is 10.1 Å². The fraction of sp³-hybridized carbons (Fsp3) is 0.259. The number of benzene rings is 3. The first kappa shape index (κ1) is 21.1. The molecule has 1 fully saturated rings. The molecule has 6 nitrogen and oxygen atoms in total. The lowest BCUT2D eigenvalue weighted by atomic mass is 10.1. The summed E-state index contributed by atoms with van der Waals surface area (Å²) in [5.41, 5.74) is 4.11. The van der Waals surface area contributed by atoms with Crippen LogP contribution in [0.15, 0.2) is 77.8 Å². The number of urea groups is 1. The van der Waals surface area contributed by atoms with Gasteiger partial charge in [-0.2, -0.15) is 0 Å². The van der Waals surface area contributed by atoms with Crippen LogP contribution in [-0.2, 0) is 6.54 Å². The van der Waals surface area contributed by atoms with Crippen LogP contribution in [0.2, 0.25) is 0 Å². The highest BCUT2D eigenvalue weighted by molar-refractivity contribution is 6.03. The summed E-state index contributed by atoms with van der Waals surface area (Å²) in [7, 11) is 0. The van der Waals surface area contributed by atoms with Gasteiger partial charge in [-0.3, -0.25) is 0 Å². The molecule has 6 heteroatoms. The van der Waals surface area contributed by atoms with Gasteiger partial charge >= 0.3 is 6.03 Å². The van der Waals surface area contributed by atoms with E-state index in [1.165, 1.54) is 5.56 Å². The SMILES string of the molecule is Cc1cccc(CNC(=O)N2CCCN(C3=Nc4ccccc4Oc4ccccc43)CC2)c1. The Morgan fingerprint density at radius 1 is 0.939 bits per heavy atom. The van der Waals surface area contributed by atoms with Gasteiger partial charge in [0.25, 0.3) is 0 Å². The van der Waals surface area contributed by atoms with Crippen molar-refractivity contribution in [3.8, 4) is 11.5 Å². The van der Waals surface area contributed by atoms with Crippen LogP contribution >= 0.6 is 0 Å². The molecule has 1 saturated heterocycles. The minimum absolute atomic E-state index is 0.0183. The Balaban J connectivity index is 1.31. The Bertz CT molecular complexity index is 1190. The minimum Gasteiger partial charge on any atom is -0.454 e. The number of nitrogens with zero attached hydrogens (tertiary/aromatic N) is 3. The van der Waals surface area contributed by atoms with Crippen molar-refractivity contribution in [3.63, 3.8) is 0 Å². The zero-order valence-corrected chi connectivity index (χ0v) is 18.8. The standard InChI is InChI=1S/C27H28N4O2/c1-20-8-6-9-21(18-20)19-28-27(32)31-15-7-14-30(16-17-31)26-22-10-2-4-12-24(22)33-25-13-5-3-11-23(25)29-26/h2-6,8-13,18H,7,14-17,19H2,1H3,(H,28,32). The Labute approximate surface area is 194 Å². The van der Waals surface area contributed by atoms with Crippen LogP contribution in [0.4, 0.5) is 10.5 Å². The number of aliphatic imine (C=N–C) groups is 1. The van der Waals surface area contributed by atoms with Crippen molar-refractivity contribution >= 4 is 17.6 Å². The molecule has 2 amide bonds. The fourth-order valence-corrected chi connectivity index (χ4v) is 4.35. The lowest BCUT2D eigenvalue weighted by Crippen LogP contribution is -2.42. The molecular weight excluding hydrogens is 412 g/mol. The van der Waals surface area contributed by atoms with Gasteiger partial charge in [-0.05, 0) is 43.2 Å². The lowest BCUT2D eigenvalue weighted by molar-refractivity contribution is 0.200. The van der Waals surface area contributed by atoms with Gasteiger partial charge in [0.2, 0.25) is 0 Å². The average Bonchev–Trinajstić information content (AvgIpc) is 3.17. The number of rotatable bonds is 2. The summed E-state index contributed by atoms with van der Waals surface area (Å²) in [4.78, 5) is 22.0. The summed E-state index contributed by atoms with van der Waals surface area (Å²) in [5.74, 6) is 2.46. The number of hydrogen-bond acceptors (Lipinski definition) is 4. The molecule has 2 heterocycles. The molecule has 0 atom stereocenters. The number of amides is 2. The molecular formula is C27H28N4O2. The highest BCUT2D eigenvalue weighted by Gasteiger charge is 2.25. The Hall–Kier alpha value is -3.80. The van der Waals surface area contributed by atoms with E-state index in [1.807, 2.05) is 59.5 Å². The highest BCUT2D eigenvalue weighted by Crippen LogP contribution is 2.37. The molecule has 1 N–H and O–H groups in total. The number of aryl methyl sites for hydroxylation is 1. The quantitative estimate of drug-likeness (QED) is 0.603. The van der Waals surface area contributed by atoms with Crippen molar-refractivity contribution in [1.29, 1.82) is 0 Å². The van der Waals surface area contributed by atoms with Gasteiger partial charge in [0.15, 0.2) is 5.75 Å². The van der Waals surface area contributed by atoms with Crippen molar-refractivity contribution in [2.24, 2.45) is 4.99 Å². The van der Waals surface area contributed by atoms with Gasteiger partial charge < -0.3 is 19.9 Å². The largest absolute Gasteiger partial charge is 0.454 e. The normalized spacial score (nSPS) is 15.4. The smallest absolute Gasteiger partial charge is 0.317 e. The molecule has 0 bridgehead atoms. The number of para-hydroxylation sites is 3. The lowest BCUT2D eigenvalue weighted by Gasteiger charge is -2.25. The summed E-state index contributed by atoms with van der Waals surface area (Å²) in [6.45, 7) is 5.51. The zero-order chi connectivity index (χ0) is 22.6. The monoisotopic (exact) mass is 440 g/mol. The number of hydrogen-bond donors (Lipinski definition) is 1. The Kier molecular flexibility index (Phi) is 5.98. The second-order valence-corrected chi connectivity index (χ2v) is 8.48. The molecule has 5 rings (SSSR count). The molecule has 0 unspecified atom stereocenters. The number of nitrogens with one attached hydrogen (secondary N) is 1. The van der Waals surface area contributed by atoms with Gasteiger partial charge in [-0.15, -0.1) is 0 Å². The van der Waals surface area contributed by atoms with Crippen molar-refractivity contribution in [2.75, 3.05) is 26.2 Å². The Morgan fingerprint density at radius 2 is 1.76 bits per heavy atom. The first-order valence-corrected chi connectivity index (χ1v) is 11.5. The average molecular weight is 441 g/mol. The van der Waals surface area contributed by atoms with Crippen molar-refractivity contribution < 1.29 is 9.53 Å². The topological polar surface area (TPSA) is 57.2 Å². The van der Waals surface area contributed by atoms with E-state index in [2.05, 4.69) is 35.3 Å². The number of ether oxygens (including phenoxy) is 1. The molecule has 3 aromatic rings. The maximum atomic E-state index is 12.9. The molecule has 0 saturated carbocycles. The van der Waals surface area contributed by atoms with Gasteiger partial charge in [-0.1, -0.05) is 54.1 Å². The zero-order valence-electron chi connectivity index (χ0n) is 18.8. The van der Waals surface area contributed by atoms with E-state index in [0.29, 0.717) is 19.6 Å². The number of fused-ring (bicyclic) bond motifs is 2. The van der Waals surface area contributed by atoms with E-state index in [9.17, 15) is 4.79 Å². The molecule has 2 aliphatic heterocycles. The van der Waals surface area contributed by atoms with Crippen molar-refractivity contribution in [1.82, 2.24) is 15.1 Å². The van der Waals surface area contributed by atoms with Crippen LogP contribution in [0.25, 0.3) is 0 Å². The molecule has 33 heavy (non-hydrogen) atoms. The van der Waals surface area contributed by atoms with Crippen molar-refractivity contribution in [3.05, 3.63) is 89.5 Å². The Morgan fingerprint density at radius 3 is 2.64 bits per heavy atom. The molecule has 0 spiro atoms. The van der Waals surface area contributed by atoms with E-state index in [0.717, 1.165) is 53.7 Å². The molecule has 168 valence electrons. The van der Waals surface area contributed by atoms with Gasteiger partial charge in [0.1, 0.15) is 17.3 Å². The van der Waals surface area contributed by atoms with Crippen LogP contribution in [0, 0.1) is 6.92 Å². The minimum atomic E-state index is -0.0183. The van der Waals surface area contributed by atoms with E-state index in [4.69, 9.17) is 9.73 Å². The molecule has 3 aromatic carbocycles. The second-order valence-electron chi connectivity index (χ2n) is 8.48. The van der Waals surface area contributed by atoms with Crippen molar-refractivity contribution in [2.45, 2.75) is 19.9 Å². The van der Waals surface area contributed by atoms with E-state index in [-0.39, 0.29) is 6.03 Å². The van der Waals surface area contributed by atoms with Gasteiger partial charge in [-0.25, -0.2) is 9.79 Å². The first-order valence-electron chi connectivity index (χ1n) is 11.5. The summed E-state index contributed by atoms with van der Waals surface area (Å²) < 4.78 is 6.18. The van der Waals surface area contributed by atoms with E-state index in [1.54, 1.807) is 0 Å². The van der Waals surface area contributed by atoms with E-state index < -0.39 is 0 Å². The first-order chi connectivity index (χ1) is 16.2. The van der Waals surface area contributed by atoms with Crippen LogP contribution in [-0.4, -0.2) is 47.8 Å². The molecule has 0 aromatic heterocycles. The van der Waals surface area contributed by atoms with Gasteiger partial charge in [0, 0.05) is 32.7 Å². The maximum Gasteiger partial charge on any atom is 0.317 e. The summed E-state index contributed by atoms with van der Waals surface area (Å²) in [6.07, 6.45) is 0.877. The predicted molar refractivity (Wildman–Crippen MR) is 130 cm³/mol. The van der Waals surface area contributed by atoms with Crippen LogP contribution in [0.3, 0.4) is 0 Å². The second kappa shape index (κ2) is 9.36. The summed E-state index contributed by atoms with van der Waals surface area (Å²) >= 11 is 0. The van der Waals surface area contributed by atoms with Gasteiger partial charge in [0.05, 0.1) is 5.56 Å². The van der Waals surface area contributed by atoms with Crippen LogP contribution in [0.1, 0.15) is 23.1 Å². The number of amidine groups is 1. The van der Waals surface area contributed by atoms with E-state index >= 15 is 0 Å². The summed E-state index contributed by atoms with van der Waals surface area (Å²) in [5, 5.41) is 3.07. The third-order valence-electron chi connectivity index (χ3n) is 6.05. The molecule has 2 aliphatic rings. The molecule has 0 radical (unpaired) electrons. The number of carbonyl (C=O) groups excluding carboxylic acids is 1. The maximum absolute atomic E-state index is 12.9. The summed E-state index contributed by atoms with van der Waals surface area (Å²) in [6, 6.07) is 24.1. The van der Waals surface area contributed by atoms with Crippen LogP contribution in [0.5, 0.6) is 11.5 Å². The third kappa shape index (κ3) is 4.70. The fourth-order valence-electron chi connectivity index (χ4n) is 4.35. The molecule has 0 aliphatic carbocycles. The number of carbonyl (C=O) groups is 1. The predicted octanol–water partition coefficient (Wildman–Crippen LogP) is 5.10. The third-order valence-corrected chi connectivity index (χ3v) is 6.05. The highest BCUT2D eigenvalue weighted by atomic mass is 16.5.